The molecule has 1 aromatic carbocycles. The van der Waals surface area contributed by atoms with Gasteiger partial charge in [0.05, 0.1) is 0 Å². The van der Waals surface area contributed by atoms with E-state index in [-0.39, 0.29) is 0 Å². The second-order valence-corrected chi connectivity index (χ2v) is 7.06. The van der Waals surface area contributed by atoms with Crippen LogP contribution in [0.25, 0.3) is 6.08 Å². The van der Waals surface area contributed by atoms with Crippen LogP contribution < -0.4 is 0 Å². The van der Waals surface area contributed by atoms with Gasteiger partial charge in [-0.15, -0.1) is 0 Å². The zero-order chi connectivity index (χ0) is 12.8. The quantitative estimate of drug-likeness (QED) is 0.760. The van der Waals surface area contributed by atoms with Crippen LogP contribution in [0.15, 0.2) is 53.5 Å². The predicted molar refractivity (Wildman–Crippen MR) is 80.0 cm³/mol. The van der Waals surface area contributed by atoms with Gasteiger partial charge in [0.15, 0.2) is 0 Å². The van der Waals surface area contributed by atoms with Gasteiger partial charge in [-0.3, -0.25) is 4.21 Å². The minimum absolute atomic E-state index is 0.455. The standard InChI is InChI=1S/C17H16OS/c18-19-11-10-16-14(6-3-7-17(16)19)15-9-8-12-4-1-2-5-13(12)15/h1-9,14-16H,10-11H2. The Labute approximate surface area is 116 Å². The van der Waals surface area contributed by atoms with Gasteiger partial charge in [-0.05, 0) is 23.5 Å². The Morgan fingerprint density at radius 2 is 2.05 bits per heavy atom. The van der Waals surface area contributed by atoms with Crippen LogP contribution >= 0.6 is 0 Å². The van der Waals surface area contributed by atoms with Crippen molar-refractivity contribution in [3.63, 3.8) is 0 Å². The third-order valence-corrected chi connectivity index (χ3v) is 6.13. The number of allylic oxidation sites excluding steroid dienone is 5. The molecule has 1 aromatic rings. The Morgan fingerprint density at radius 3 is 3.00 bits per heavy atom. The molecule has 0 bridgehead atoms. The molecule has 0 radical (unpaired) electrons. The number of benzene rings is 1. The topological polar surface area (TPSA) is 17.1 Å². The first kappa shape index (κ1) is 11.4. The van der Waals surface area contributed by atoms with Gasteiger partial charge in [0.1, 0.15) is 0 Å². The van der Waals surface area contributed by atoms with E-state index in [1.165, 1.54) is 16.0 Å². The fourth-order valence-electron chi connectivity index (χ4n) is 3.64. The van der Waals surface area contributed by atoms with Gasteiger partial charge in [0.2, 0.25) is 0 Å². The predicted octanol–water partition coefficient (Wildman–Crippen LogP) is 3.64. The minimum atomic E-state index is -0.732. The highest BCUT2D eigenvalue weighted by Crippen LogP contribution is 2.47. The summed E-state index contributed by atoms with van der Waals surface area (Å²) >= 11 is 0. The normalized spacial score (nSPS) is 35.1. The van der Waals surface area contributed by atoms with Gasteiger partial charge < -0.3 is 0 Å². The van der Waals surface area contributed by atoms with Crippen molar-refractivity contribution in [1.82, 2.24) is 0 Å². The molecule has 1 saturated heterocycles. The summed E-state index contributed by atoms with van der Waals surface area (Å²) in [5, 5.41) is 0. The maximum Gasteiger partial charge on any atom is 0.0491 e. The summed E-state index contributed by atoms with van der Waals surface area (Å²) in [6.45, 7) is 0. The van der Waals surface area contributed by atoms with E-state index in [0.717, 1.165) is 12.2 Å². The van der Waals surface area contributed by atoms with Crippen LogP contribution in [0.3, 0.4) is 0 Å². The number of hydrogen-bond acceptors (Lipinski definition) is 1. The Kier molecular flexibility index (Phi) is 2.59. The molecule has 0 saturated carbocycles. The van der Waals surface area contributed by atoms with E-state index in [0.29, 0.717) is 17.8 Å². The Morgan fingerprint density at radius 1 is 1.16 bits per heavy atom. The van der Waals surface area contributed by atoms with Crippen LogP contribution in [-0.4, -0.2) is 9.96 Å². The molecule has 1 nitrogen and oxygen atoms in total. The van der Waals surface area contributed by atoms with Gasteiger partial charge in [0.25, 0.3) is 0 Å². The lowest BCUT2D eigenvalue weighted by Gasteiger charge is -2.29. The second-order valence-electron chi connectivity index (χ2n) is 5.49. The van der Waals surface area contributed by atoms with Crippen LogP contribution in [0.5, 0.6) is 0 Å². The fourth-order valence-corrected chi connectivity index (χ4v) is 5.19. The number of hydrogen-bond donors (Lipinski definition) is 0. The smallest absolute Gasteiger partial charge is 0.0491 e. The van der Waals surface area contributed by atoms with Crippen molar-refractivity contribution in [2.24, 2.45) is 11.8 Å². The van der Waals surface area contributed by atoms with Gasteiger partial charge in [0, 0.05) is 33.3 Å². The van der Waals surface area contributed by atoms with Crippen LogP contribution in [-0.2, 0) is 10.8 Å². The van der Waals surface area contributed by atoms with Crippen molar-refractivity contribution in [2.75, 3.05) is 5.75 Å². The summed E-state index contributed by atoms with van der Waals surface area (Å²) in [5.41, 5.74) is 2.77. The molecule has 4 atom stereocenters. The monoisotopic (exact) mass is 268 g/mol. The van der Waals surface area contributed by atoms with Crippen molar-refractivity contribution in [3.8, 4) is 0 Å². The van der Waals surface area contributed by atoms with Crippen molar-refractivity contribution in [3.05, 3.63) is 64.6 Å². The lowest BCUT2D eigenvalue weighted by molar-refractivity contribution is 0.430. The van der Waals surface area contributed by atoms with Gasteiger partial charge in [-0.1, -0.05) is 54.6 Å². The van der Waals surface area contributed by atoms with Crippen LogP contribution in [0.1, 0.15) is 23.5 Å². The van der Waals surface area contributed by atoms with Gasteiger partial charge in [-0.2, -0.15) is 0 Å². The molecule has 4 unspecified atom stereocenters. The van der Waals surface area contributed by atoms with Crippen molar-refractivity contribution in [1.29, 1.82) is 0 Å². The second kappa shape index (κ2) is 4.31. The molecular formula is C17H16OS. The Balaban J connectivity index is 1.72. The number of rotatable bonds is 1. The third kappa shape index (κ3) is 1.70. The largest absolute Gasteiger partial charge is 0.255 e. The maximum absolute atomic E-state index is 12.0. The molecule has 1 fully saturated rings. The SMILES string of the molecule is O=S1CCC2C1=CC=CC2C1C=Cc2ccccc21. The van der Waals surface area contributed by atoms with Gasteiger partial charge >= 0.3 is 0 Å². The molecule has 2 heteroatoms. The first-order chi connectivity index (χ1) is 9.34. The molecule has 1 heterocycles. The van der Waals surface area contributed by atoms with E-state index < -0.39 is 10.8 Å². The molecular weight excluding hydrogens is 252 g/mol. The Bertz CT molecular complexity index is 638. The van der Waals surface area contributed by atoms with E-state index in [9.17, 15) is 4.21 Å². The van der Waals surface area contributed by atoms with E-state index in [1.807, 2.05) is 0 Å². The molecule has 96 valence electrons. The molecule has 3 aliphatic rings. The maximum atomic E-state index is 12.0. The third-order valence-electron chi connectivity index (χ3n) is 4.55. The lowest BCUT2D eigenvalue weighted by atomic mass is 9.76. The minimum Gasteiger partial charge on any atom is -0.255 e. The lowest BCUT2D eigenvalue weighted by Crippen LogP contribution is -2.20. The van der Waals surface area contributed by atoms with E-state index in [4.69, 9.17) is 0 Å². The summed E-state index contributed by atoms with van der Waals surface area (Å²) in [5.74, 6) is 2.25. The average molecular weight is 268 g/mol. The molecule has 2 aliphatic carbocycles. The van der Waals surface area contributed by atoms with Crippen LogP contribution in [0.4, 0.5) is 0 Å². The molecule has 0 N–H and O–H groups in total. The first-order valence-electron chi connectivity index (χ1n) is 6.88. The molecule has 4 rings (SSSR count). The molecule has 1 aliphatic heterocycles. The fraction of sp³-hybridized carbons (Fsp3) is 0.294. The van der Waals surface area contributed by atoms with Crippen LogP contribution in [0, 0.1) is 11.8 Å². The Hall–Kier alpha value is -1.41. The summed E-state index contributed by atoms with van der Waals surface area (Å²) < 4.78 is 12.0. The highest BCUT2D eigenvalue weighted by Gasteiger charge is 2.38. The number of fused-ring (bicyclic) bond motifs is 2. The van der Waals surface area contributed by atoms with Crippen molar-refractivity contribution in [2.45, 2.75) is 12.3 Å². The first-order valence-corrected chi connectivity index (χ1v) is 8.20. The van der Waals surface area contributed by atoms with Crippen LogP contribution in [0.2, 0.25) is 0 Å². The zero-order valence-corrected chi connectivity index (χ0v) is 11.5. The van der Waals surface area contributed by atoms with Gasteiger partial charge in [-0.25, -0.2) is 0 Å². The molecule has 0 aromatic heterocycles. The van der Waals surface area contributed by atoms with Crippen molar-refractivity contribution >= 4 is 16.9 Å². The summed E-state index contributed by atoms with van der Waals surface area (Å²) in [6, 6.07) is 8.63. The molecule has 19 heavy (non-hydrogen) atoms. The summed E-state index contributed by atoms with van der Waals surface area (Å²) in [4.78, 5) is 1.17. The molecule has 0 amide bonds. The zero-order valence-electron chi connectivity index (χ0n) is 10.7. The van der Waals surface area contributed by atoms with E-state index >= 15 is 0 Å². The average Bonchev–Trinajstić information content (AvgIpc) is 3.03. The van der Waals surface area contributed by atoms with E-state index in [1.54, 1.807) is 0 Å². The van der Waals surface area contributed by atoms with E-state index in [2.05, 4.69) is 54.6 Å². The molecule has 0 spiro atoms. The highest BCUT2D eigenvalue weighted by molar-refractivity contribution is 7.89. The highest BCUT2D eigenvalue weighted by atomic mass is 32.2. The van der Waals surface area contributed by atoms with Crippen molar-refractivity contribution < 1.29 is 4.21 Å². The summed E-state index contributed by atoms with van der Waals surface area (Å²) in [7, 11) is -0.732. The summed E-state index contributed by atoms with van der Waals surface area (Å²) in [6.07, 6.45) is 12.1.